The van der Waals surface area contributed by atoms with E-state index in [1.807, 2.05) is 0 Å². The van der Waals surface area contributed by atoms with Crippen molar-refractivity contribution in [2.24, 2.45) is 0 Å². The van der Waals surface area contributed by atoms with Crippen molar-refractivity contribution in [1.82, 2.24) is 9.78 Å². The molecule has 122 valence electrons. The van der Waals surface area contributed by atoms with Crippen LogP contribution in [0.3, 0.4) is 0 Å². The summed E-state index contributed by atoms with van der Waals surface area (Å²) in [6.07, 6.45) is 0. The predicted octanol–water partition coefficient (Wildman–Crippen LogP) is 4.55. The number of nitrogens with zero attached hydrogens (tertiary/aromatic N) is 2. The quantitative estimate of drug-likeness (QED) is 0.739. The largest absolute Gasteiger partial charge is 0.494 e. The summed E-state index contributed by atoms with van der Waals surface area (Å²) in [6, 6.07) is 13.5. The van der Waals surface area contributed by atoms with E-state index >= 15 is 0 Å². The maximum Gasteiger partial charge on any atom is 0.354 e. The summed E-state index contributed by atoms with van der Waals surface area (Å²) in [5.41, 5.74) is 1.55. The second-order valence-corrected chi connectivity index (χ2v) is 5.77. The summed E-state index contributed by atoms with van der Waals surface area (Å²) >= 11 is 12.1. The molecule has 1 aromatic heterocycles. The number of methoxy groups -OCH3 is 1. The predicted molar refractivity (Wildman–Crippen MR) is 92.5 cm³/mol. The molecule has 0 saturated carbocycles. The minimum absolute atomic E-state index is 0.000478. The number of carbonyl (C=O) groups is 1. The molecule has 24 heavy (non-hydrogen) atoms. The number of hydrogen-bond donors (Lipinski definition) is 1. The summed E-state index contributed by atoms with van der Waals surface area (Å²) in [7, 11) is 1.51. The number of benzene rings is 2. The molecule has 3 rings (SSSR count). The Hall–Kier alpha value is -2.50. The number of ether oxygens (including phenoxy) is 1. The third-order valence-corrected chi connectivity index (χ3v) is 4.00. The van der Waals surface area contributed by atoms with Crippen molar-refractivity contribution in [1.29, 1.82) is 0 Å². The van der Waals surface area contributed by atoms with Gasteiger partial charge in [-0.1, -0.05) is 35.3 Å². The van der Waals surface area contributed by atoms with Gasteiger partial charge in [-0.25, -0.2) is 9.48 Å². The first-order valence-electron chi connectivity index (χ1n) is 6.93. The number of aromatic nitrogens is 2. The number of halogens is 2. The Morgan fingerprint density at radius 2 is 1.92 bits per heavy atom. The molecule has 1 heterocycles. The van der Waals surface area contributed by atoms with Gasteiger partial charge in [0, 0.05) is 10.6 Å². The second-order valence-electron chi connectivity index (χ2n) is 4.93. The van der Waals surface area contributed by atoms with E-state index in [2.05, 4.69) is 5.10 Å². The molecule has 0 aliphatic heterocycles. The standard InChI is InChI=1S/C17H12Cl2N2O3/c1-24-16-5-3-2-4-14(16)21-15(17(22)23)9-13(20-21)11-7-6-10(18)8-12(11)19/h2-9H,1H3,(H,22,23). The number of aromatic carboxylic acids is 1. The molecule has 0 radical (unpaired) electrons. The van der Waals surface area contributed by atoms with Crippen molar-refractivity contribution in [3.05, 3.63) is 64.3 Å². The van der Waals surface area contributed by atoms with Crippen LogP contribution in [-0.2, 0) is 0 Å². The third kappa shape index (κ3) is 2.96. The van der Waals surface area contributed by atoms with E-state index in [0.717, 1.165) is 0 Å². The second kappa shape index (κ2) is 6.55. The van der Waals surface area contributed by atoms with Crippen molar-refractivity contribution in [2.75, 3.05) is 7.11 Å². The van der Waals surface area contributed by atoms with Gasteiger partial charge in [-0.2, -0.15) is 5.10 Å². The molecule has 0 atom stereocenters. The van der Waals surface area contributed by atoms with Crippen LogP contribution < -0.4 is 4.74 Å². The van der Waals surface area contributed by atoms with Crippen LogP contribution in [0.4, 0.5) is 0 Å². The van der Waals surface area contributed by atoms with Gasteiger partial charge in [-0.05, 0) is 36.4 Å². The van der Waals surface area contributed by atoms with E-state index < -0.39 is 5.97 Å². The third-order valence-electron chi connectivity index (χ3n) is 3.45. The lowest BCUT2D eigenvalue weighted by Crippen LogP contribution is -2.09. The van der Waals surface area contributed by atoms with Gasteiger partial charge in [-0.15, -0.1) is 0 Å². The number of rotatable bonds is 4. The van der Waals surface area contributed by atoms with Crippen molar-refractivity contribution < 1.29 is 14.6 Å². The van der Waals surface area contributed by atoms with Crippen LogP contribution in [0.15, 0.2) is 48.5 Å². The topological polar surface area (TPSA) is 64.4 Å². The smallest absolute Gasteiger partial charge is 0.354 e. The molecule has 5 nitrogen and oxygen atoms in total. The molecule has 0 fully saturated rings. The van der Waals surface area contributed by atoms with Gasteiger partial charge in [-0.3, -0.25) is 0 Å². The number of hydrogen-bond acceptors (Lipinski definition) is 3. The summed E-state index contributed by atoms with van der Waals surface area (Å²) in [5, 5.41) is 14.8. The monoisotopic (exact) mass is 362 g/mol. The van der Waals surface area contributed by atoms with Gasteiger partial charge in [0.05, 0.1) is 17.8 Å². The highest BCUT2D eigenvalue weighted by Gasteiger charge is 2.20. The Morgan fingerprint density at radius 1 is 1.17 bits per heavy atom. The van der Waals surface area contributed by atoms with E-state index in [1.54, 1.807) is 42.5 Å². The zero-order valence-corrected chi connectivity index (χ0v) is 14.0. The number of carboxylic acid groups (broad SMARTS) is 1. The van der Waals surface area contributed by atoms with E-state index in [0.29, 0.717) is 32.7 Å². The first kappa shape index (κ1) is 16.4. The van der Waals surface area contributed by atoms with Gasteiger partial charge in [0.1, 0.15) is 11.4 Å². The fraction of sp³-hybridized carbons (Fsp3) is 0.0588. The summed E-state index contributed by atoms with van der Waals surface area (Å²) in [5.74, 6) is -0.596. The van der Waals surface area contributed by atoms with Crippen LogP contribution in [0.5, 0.6) is 5.75 Å². The van der Waals surface area contributed by atoms with Gasteiger partial charge in [0.15, 0.2) is 5.69 Å². The Balaban J connectivity index is 2.21. The maximum atomic E-state index is 11.6. The van der Waals surface area contributed by atoms with Crippen molar-refractivity contribution in [2.45, 2.75) is 0 Å². The molecule has 0 saturated heterocycles. The van der Waals surface area contributed by atoms with Crippen molar-refractivity contribution >= 4 is 29.2 Å². The summed E-state index contributed by atoms with van der Waals surface area (Å²) < 4.78 is 6.61. The van der Waals surface area contributed by atoms with E-state index in [4.69, 9.17) is 27.9 Å². The highest BCUT2D eigenvalue weighted by Crippen LogP contribution is 2.32. The van der Waals surface area contributed by atoms with Gasteiger partial charge in [0.25, 0.3) is 0 Å². The first-order valence-corrected chi connectivity index (χ1v) is 7.69. The molecule has 0 aliphatic carbocycles. The summed E-state index contributed by atoms with van der Waals surface area (Å²) in [4.78, 5) is 11.6. The Morgan fingerprint density at radius 3 is 2.58 bits per heavy atom. The molecule has 0 unspecified atom stereocenters. The van der Waals surface area contributed by atoms with E-state index in [9.17, 15) is 9.90 Å². The van der Waals surface area contributed by atoms with Crippen LogP contribution >= 0.6 is 23.2 Å². The van der Waals surface area contributed by atoms with Gasteiger partial charge < -0.3 is 9.84 Å². The molecule has 0 amide bonds. The molecule has 7 heteroatoms. The minimum atomic E-state index is -1.11. The molecule has 0 spiro atoms. The molecule has 0 aliphatic rings. The molecule has 1 N–H and O–H groups in total. The molecule has 2 aromatic carbocycles. The number of para-hydroxylation sites is 2. The lowest BCUT2D eigenvalue weighted by Gasteiger charge is -2.09. The molecular formula is C17H12Cl2N2O3. The van der Waals surface area contributed by atoms with Gasteiger partial charge in [0.2, 0.25) is 0 Å². The highest BCUT2D eigenvalue weighted by molar-refractivity contribution is 6.36. The van der Waals surface area contributed by atoms with E-state index in [1.165, 1.54) is 17.9 Å². The average Bonchev–Trinajstić information content (AvgIpc) is 3.00. The molecule has 0 bridgehead atoms. The Kier molecular flexibility index (Phi) is 4.46. The maximum absolute atomic E-state index is 11.6. The lowest BCUT2D eigenvalue weighted by molar-refractivity contribution is 0.0687. The van der Waals surface area contributed by atoms with Crippen LogP contribution in [0.2, 0.25) is 10.0 Å². The zero-order chi connectivity index (χ0) is 17.3. The molecular weight excluding hydrogens is 351 g/mol. The SMILES string of the molecule is COc1ccccc1-n1nc(-c2ccc(Cl)cc2Cl)cc1C(=O)O. The van der Waals surface area contributed by atoms with Crippen LogP contribution in [0.25, 0.3) is 16.9 Å². The Labute approximate surface area is 148 Å². The fourth-order valence-corrected chi connectivity index (χ4v) is 2.86. The fourth-order valence-electron chi connectivity index (χ4n) is 2.35. The molecule has 3 aromatic rings. The van der Waals surface area contributed by atoms with Crippen LogP contribution in [0.1, 0.15) is 10.5 Å². The number of carboxylic acids is 1. The Bertz CT molecular complexity index is 922. The van der Waals surface area contributed by atoms with E-state index in [-0.39, 0.29) is 5.69 Å². The average molecular weight is 363 g/mol. The van der Waals surface area contributed by atoms with Crippen molar-refractivity contribution in [3.8, 4) is 22.7 Å². The van der Waals surface area contributed by atoms with Gasteiger partial charge >= 0.3 is 5.97 Å². The zero-order valence-electron chi connectivity index (χ0n) is 12.5. The van der Waals surface area contributed by atoms with Crippen LogP contribution in [-0.4, -0.2) is 28.0 Å². The first-order chi connectivity index (χ1) is 11.5. The van der Waals surface area contributed by atoms with Crippen LogP contribution in [0, 0.1) is 0 Å². The highest BCUT2D eigenvalue weighted by atomic mass is 35.5. The lowest BCUT2D eigenvalue weighted by atomic mass is 10.1. The summed E-state index contributed by atoms with van der Waals surface area (Å²) in [6.45, 7) is 0. The normalized spacial score (nSPS) is 10.6. The minimum Gasteiger partial charge on any atom is -0.494 e. The van der Waals surface area contributed by atoms with Crippen molar-refractivity contribution in [3.63, 3.8) is 0 Å².